The zero-order chi connectivity index (χ0) is 16.4. The molecule has 0 aliphatic carbocycles. The lowest BCUT2D eigenvalue weighted by molar-refractivity contribution is 0.281. The minimum absolute atomic E-state index is 0.122. The maximum absolute atomic E-state index is 13.9. The van der Waals surface area contributed by atoms with Gasteiger partial charge in [-0.1, -0.05) is 18.2 Å². The van der Waals surface area contributed by atoms with Crippen molar-refractivity contribution in [3.63, 3.8) is 0 Å². The van der Waals surface area contributed by atoms with Crippen LogP contribution in [0.3, 0.4) is 0 Å². The van der Waals surface area contributed by atoms with Gasteiger partial charge in [-0.15, -0.1) is 0 Å². The summed E-state index contributed by atoms with van der Waals surface area (Å²) in [6.45, 7) is 4.34. The number of hydrogen-bond donors (Lipinski definition) is 1. The van der Waals surface area contributed by atoms with Gasteiger partial charge in [0.25, 0.3) is 0 Å². The molecule has 124 valence electrons. The van der Waals surface area contributed by atoms with Crippen molar-refractivity contribution in [2.45, 2.75) is 13.0 Å². The maximum Gasteiger partial charge on any atom is 0.142 e. The Morgan fingerprint density at radius 3 is 2.88 bits per heavy atom. The van der Waals surface area contributed by atoms with E-state index in [1.165, 1.54) is 6.07 Å². The lowest BCUT2D eigenvalue weighted by Gasteiger charge is -2.23. The smallest absolute Gasteiger partial charge is 0.142 e. The Morgan fingerprint density at radius 2 is 1.96 bits per heavy atom. The number of aromatic nitrogens is 3. The highest BCUT2D eigenvalue weighted by atomic mass is 19.1. The van der Waals surface area contributed by atoms with E-state index in [-0.39, 0.29) is 5.82 Å². The second-order valence-electron chi connectivity index (χ2n) is 6.15. The van der Waals surface area contributed by atoms with E-state index in [9.17, 15) is 4.39 Å². The van der Waals surface area contributed by atoms with Crippen molar-refractivity contribution in [2.75, 3.05) is 31.1 Å². The summed E-state index contributed by atoms with van der Waals surface area (Å²) in [6.07, 6.45) is 4.53. The highest BCUT2D eigenvalue weighted by Crippen LogP contribution is 2.23. The van der Waals surface area contributed by atoms with E-state index in [1.807, 2.05) is 24.4 Å². The molecule has 1 aliphatic rings. The van der Waals surface area contributed by atoms with Crippen LogP contribution in [0.15, 0.2) is 42.9 Å². The summed E-state index contributed by atoms with van der Waals surface area (Å²) in [4.78, 5) is 16.5. The van der Waals surface area contributed by atoms with Crippen molar-refractivity contribution < 1.29 is 4.39 Å². The lowest BCUT2D eigenvalue weighted by Crippen LogP contribution is -2.31. The molecular weight excluding hydrogens is 305 g/mol. The van der Waals surface area contributed by atoms with Crippen molar-refractivity contribution in [3.8, 4) is 0 Å². The van der Waals surface area contributed by atoms with Gasteiger partial charge in [0.2, 0.25) is 0 Å². The summed E-state index contributed by atoms with van der Waals surface area (Å²) in [5.74, 6) is 0.859. The van der Waals surface area contributed by atoms with Gasteiger partial charge in [0.05, 0.1) is 5.39 Å². The topological polar surface area (TPSA) is 48.1 Å². The van der Waals surface area contributed by atoms with Gasteiger partial charge in [-0.2, -0.15) is 0 Å². The summed E-state index contributed by atoms with van der Waals surface area (Å²) in [7, 11) is 0. The molecule has 1 aliphatic heterocycles. The van der Waals surface area contributed by atoms with Gasteiger partial charge in [-0.05, 0) is 18.6 Å². The summed E-state index contributed by atoms with van der Waals surface area (Å²) >= 11 is 0. The minimum atomic E-state index is -0.122. The van der Waals surface area contributed by atoms with Crippen molar-refractivity contribution >= 4 is 16.9 Å². The fraction of sp³-hybridized carbons (Fsp3) is 0.333. The lowest BCUT2D eigenvalue weighted by atomic mass is 10.2. The Bertz CT molecular complexity index is 831. The van der Waals surface area contributed by atoms with Crippen LogP contribution in [-0.2, 0) is 6.54 Å². The molecule has 1 fully saturated rings. The summed E-state index contributed by atoms with van der Waals surface area (Å²) in [6, 6.07) is 9.05. The third-order valence-electron chi connectivity index (χ3n) is 4.57. The van der Waals surface area contributed by atoms with Crippen LogP contribution in [-0.4, -0.2) is 46.0 Å². The summed E-state index contributed by atoms with van der Waals surface area (Å²) < 4.78 is 13.9. The number of aromatic amines is 1. The molecule has 1 saturated heterocycles. The quantitative estimate of drug-likeness (QED) is 0.804. The van der Waals surface area contributed by atoms with Crippen molar-refractivity contribution in [1.82, 2.24) is 19.9 Å². The normalized spacial score (nSPS) is 16.5. The Morgan fingerprint density at radius 1 is 1.04 bits per heavy atom. The van der Waals surface area contributed by atoms with E-state index in [0.717, 1.165) is 55.0 Å². The predicted molar refractivity (Wildman–Crippen MR) is 92.4 cm³/mol. The first-order valence-electron chi connectivity index (χ1n) is 8.30. The van der Waals surface area contributed by atoms with Crippen molar-refractivity contribution in [1.29, 1.82) is 0 Å². The second-order valence-corrected chi connectivity index (χ2v) is 6.15. The first kappa shape index (κ1) is 15.1. The molecule has 0 amide bonds. The highest BCUT2D eigenvalue weighted by molar-refractivity contribution is 5.87. The van der Waals surface area contributed by atoms with Crippen LogP contribution in [0.4, 0.5) is 10.2 Å². The van der Waals surface area contributed by atoms with Crippen molar-refractivity contribution in [3.05, 3.63) is 54.2 Å². The average Bonchev–Trinajstić information content (AvgIpc) is 2.97. The summed E-state index contributed by atoms with van der Waals surface area (Å²) in [5.41, 5.74) is 1.63. The number of halogens is 1. The molecule has 1 N–H and O–H groups in total. The molecule has 0 spiro atoms. The molecule has 0 bridgehead atoms. The van der Waals surface area contributed by atoms with Crippen LogP contribution in [0.1, 0.15) is 12.0 Å². The van der Waals surface area contributed by atoms with Gasteiger partial charge in [0.1, 0.15) is 23.6 Å². The molecule has 3 heterocycles. The molecule has 1 aromatic carbocycles. The first-order valence-corrected chi connectivity index (χ1v) is 8.30. The third kappa shape index (κ3) is 2.97. The van der Waals surface area contributed by atoms with Crippen LogP contribution >= 0.6 is 0 Å². The van der Waals surface area contributed by atoms with Crippen LogP contribution in [0.5, 0.6) is 0 Å². The van der Waals surface area contributed by atoms with Gasteiger partial charge in [-0.25, -0.2) is 14.4 Å². The van der Waals surface area contributed by atoms with E-state index in [4.69, 9.17) is 0 Å². The monoisotopic (exact) mass is 325 g/mol. The molecule has 5 nitrogen and oxygen atoms in total. The average molecular weight is 325 g/mol. The fourth-order valence-electron chi connectivity index (χ4n) is 3.32. The van der Waals surface area contributed by atoms with Gasteiger partial charge < -0.3 is 9.88 Å². The molecule has 0 radical (unpaired) electrons. The molecule has 2 aromatic heterocycles. The zero-order valence-corrected chi connectivity index (χ0v) is 13.5. The number of rotatable bonds is 3. The van der Waals surface area contributed by atoms with E-state index in [0.29, 0.717) is 6.54 Å². The predicted octanol–water partition coefficient (Wildman–Crippen LogP) is 2.81. The fourth-order valence-corrected chi connectivity index (χ4v) is 3.32. The minimum Gasteiger partial charge on any atom is -0.355 e. The van der Waals surface area contributed by atoms with Gasteiger partial charge in [0, 0.05) is 44.5 Å². The van der Waals surface area contributed by atoms with Gasteiger partial charge in [0.15, 0.2) is 0 Å². The van der Waals surface area contributed by atoms with Gasteiger partial charge >= 0.3 is 0 Å². The standard InChI is InChI=1S/C18H20FN5/c19-16-5-2-1-4-14(16)12-23-8-3-9-24(11-10-23)18-15-6-7-20-17(15)21-13-22-18/h1-2,4-7,13H,3,8-12H2,(H,20,21,22). The number of nitrogens with zero attached hydrogens (tertiary/aromatic N) is 4. The summed E-state index contributed by atoms with van der Waals surface area (Å²) in [5, 5.41) is 1.06. The molecule has 0 unspecified atom stereocenters. The molecule has 4 rings (SSSR count). The second kappa shape index (κ2) is 6.57. The SMILES string of the molecule is Fc1ccccc1CN1CCCN(c2ncnc3[nH]ccc23)CC1. The molecule has 0 saturated carbocycles. The van der Waals surface area contributed by atoms with E-state index in [2.05, 4.69) is 24.8 Å². The third-order valence-corrected chi connectivity index (χ3v) is 4.57. The highest BCUT2D eigenvalue weighted by Gasteiger charge is 2.19. The molecule has 6 heteroatoms. The number of hydrogen-bond acceptors (Lipinski definition) is 4. The van der Waals surface area contributed by atoms with Crippen LogP contribution in [0, 0.1) is 5.82 Å². The van der Waals surface area contributed by atoms with Crippen LogP contribution in [0.25, 0.3) is 11.0 Å². The number of nitrogens with one attached hydrogen (secondary N) is 1. The van der Waals surface area contributed by atoms with E-state index in [1.54, 1.807) is 12.4 Å². The molecular formula is C18H20FN5. The van der Waals surface area contributed by atoms with E-state index >= 15 is 0 Å². The Balaban J connectivity index is 1.48. The van der Waals surface area contributed by atoms with Crippen LogP contribution < -0.4 is 4.90 Å². The first-order chi connectivity index (χ1) is 11.8. The van der Waals surface area contributed by atoms with Gasteiger partial charge in [-0.3, -0.25) is 4.90 Å². The number of fused-ring (bicyclic) bond motifs is 1. The van der Waals surface area contributed by atoms with Crippen molar-refractivity contribution in [2.24, 2.45) is 0 Å². The molecule has 24 heavy (non-hydrogen) atoms. The Kier molecular flexibility index (Phi) is 4.13. The Hall–Kier alpha value is -2.47. The molecule has 0 atom stereocenters. The zero-order valence-electron chi connectivity index (χ0n) is 13.5. The van der Waals surface area contributed by atoms with Crippen LogP contribution in [0.2, 0.25) is 0 Å². The number of benzene rings is 1. The largest absolute Gasteiger partial charge is 0.355 e. The number of anilines is 1. The Labute approximate surface area is 140 Å². The number of H-pyrrole nitrogens is 1. The van der Waals surface area contributed by atoms with E-state index < -0.39 is 0 Å². The maximum atomic E-state index is 13.9. The molecule has 3 aromatic rings.